The maximum absolute atomic E-state index is 7.60. The smallest absolute Gasteiger partial charge is 0.130 e. The molecule has 0 spiro atoms. The Bertz CT molecular complexity index is 1020. The van der Waals surface area contributed by atoms with E-state index >= 15 is 0 Å². The molecule has 7 heteroatoms. The van der Waals surface area contributed by atoms with E-state index in [9.17, 15) is 0 Å². The lowest BCUT2D eigenvalue weighted by molar-refractivity contribution is 0.279. The number of nitrogens with zero attached hydrogens (tertiary/aromatic N) is 1. The average molecular weight is 453 g/mol. The summed E-state index contributed by atoms with van der Waals surface area (Å²) in [7, 11) is 0. The fourth-order valence-corrected chi connectivity index (χ4v) is 4.31. The minimum absolute atomic E-state index is 0.0232. The molecule has 0 amide bonds. The van der Waals surface area contributed by atoms with Gasteiger partial charge >= 0.3 is 0 Å². The number of hydrogen-bond donors (Lipinski definition) is 3. The molecule has 0 bridgehead atoms. The van der Waals surface area contributed by atoms with Crippen molar-refractivity contribution in [2.24, 2.45) is 11.5 Å². The number of unbranched alkanes of at least 4 members (excludes halogenated alkanes) is 2. The normalized spacial score (nSPS) is 11.0. The number of benzene rings is 2. The molecule has 2 aromatic carbocycles. The first-order chi connectivity index (χ1) is 15.5. The number of nitrogens with one attached hydrogen (secondary N) is 1. The topological polar surface area (TPSA) is 107 Å². The Labute approximate surface area is 194 Å². The molecule has 0 atom stereocenters. The van der Waals surface area contributed by atoms with E-state index in [0.29, 0.717) is 37.0 Å². The molecule has 5 N–H and O–H groups in total. The second-order valence-electron chi connectivity index (χ2n) is 7.87. The van der Waals surface area contributed by atoms with Crippen molar-refractivity contribution < 1.29 is 9.47 Å². The molecule has 0 aliphatic carbocycles. The summed E-state index contributed by atoms with van der Waals surface area (Å²) in [5.41, 5.74) is 14.1. The molecule has 0 saturated carbocycles. The second kappa shape index (κ2) is 11.6. The third-order valence-electron chi connectivity index (χ3n) is 5.02. The van der Waals surface area contributed by atoms with Crippen LogP contribution in [0.2, 0.25) is 0 Å². The van der Waals surface area contributed by atoms with Crippen LogP contribution in [0.3, 0.4) is 0 Å². The zero-order valence-electron chi connectivity index (χ0n) is 18.8. The zero-order valence-corrected chi connectivity index (χ0v) is 19.6. The third kappa shape index (κ3) is 6.31. The average Bonchev–Trinajstić information content (AvgIpc) is 3.24. The Morgan fingerprint density at radius 2 is 1.69 bits per heavy atom. The van der Waals surface area contributed by atoms with Crippen molar-refractivity contribution in [1.29, 1.82) is 5.41 Å². The fourth-order valence-electron chi connectivity index (χ4n) is 3.34. The number of para-hydroxylation sites is 1. The molecule has 0 unspecified atom stereocenters. The van der Waals surface area contributed by atoms with Crippen LogP contribution in [0.1, 0.15) is 54.5 Å². The molecule has 0 aliphatic rings. The molecule has 3 rings (SSSR count). The predicted octanol–water partition coefficient (Wildman–Crippen LogP) is 5.30. The van der Waals surface area contributed by atoms with E-state index in [2.05, 4.69) is 26.0 Å². The maximum Gasteiger partial charge on any atom is 0.130 e. The van der Waals surface area contributed by atoms with Gasteiger partial charge < -0.3 is 20.9 Å². The van der Waals surface area contributed by atoms with Crippen LogP contribution in [-0.2, 0) is 6.54 Å². The minimum atomic E-state index is 0.0232. The van der Waals surface area contributed by atoms with Gasteiger partial charge in [0, 0.05) is 17.0 Å². The van der Waals surface area contributed by atoms with Crippen molar-refractivity contribution in [1.82, 2.24) is 4.98 Å². The van der Waals surface area contributed by atoms with Crippen LogP contribution in [0.5, 0.6) is 11.5 Å². The molecule has 32 heavy (non-hydrogen) atoms. The van der Waals surface area contributed by atoms with E-state index in [0.717, 1.165) is 41.3 Å². The van der Waals surface area contributed by atoms with Gasteiger partial charge in [-0.3, -0.25) is 5.41 Å². The Balaban J connectivity index is 1.41. The summed E-state index contributed by atoms with van der Waals surface area (Å²) in [6.45, 7) is 6.09. The lowest BCUT2D eigenvalue weighted by atomic mass is 10.1. The lowest BCUT2D eigenvalue weighted by Crippen LogP contribution is -2.13. The van der Waals surface area contributed by atoms with Gasteiger partial charge in [0.05, 0.1) is 24.5 Å². The van der Waals surface area contributed by atoms with Gasteiger partial charge in [-0.25, -0.2) is 4.98 Å². The van der Waals surface area contributed by atoms with E-state index < -0.39 is 0 Å². The number of aromatic nitrogens is 1. The highest BCUT2D eigenvalue weighted by molar-refractivity contribution is 7.12. The Morgan fingerprint density at radius 3 is 2.34 bits per heavy atom. The Morgan fingerprint density at radius 1 is 1.00 bits per heavy atom. The largest absolute Gasteiger partial charge is 0.494 e. The highest BCUT2D eigenvalue weighted by atomic mass is 32.1. The standard InChI is InChI=1S/C25H32N4O2S/c1-17(2)24-23(29-22(16-26)32-24)18-10-12-19(13-11-18)30-14-6-3-7-15-31-21-9-5-4-8-20(21)25(27)28/h4-5,8-13,17H,3,6-7,14-16,26H2,1-2H3,(H3,27,28). The minimum Gasteiger partial charge on any atom is -0.494 e. The number of amidine groups is 1. The number of hydrogen-bond acceptors (Lipinski definition) is 6. The van der Waals surface area contributed by atoms with Crippen LogP contribution in [0.25, 0.3) is 11.3 Å². The van der Waals surface area contributed by atoms with Gasteiger partial charge in [0.1, 0.15) is 22.3 Å². The zero-order chi connectivity index (χ0) is 22.9. The van der Waals surface area contributed by atoms with Crippen LogP contribution in [-0.4, -0.2) is 24.0 Å². The van der Waals surface area contributed by atoms with Crippen molar-refractivity contribution in [3.8, 4) is 22.8 Å². The Kier molecular flexibility index (Phi) is 8.64. The predicted molar refractivity (Wildman–Crippen MR) is 132 cm³/mol. The van der Waals surface area contributed by atoms with E-state index in [1.165, 1.54) is 4.88 Å². The van der Waals surface area contributed by atoms with Gasteiger partial charge in [-0.1, -0.05) is 26.0 Å². The highest BCUT2D eigenvalue weighted by Gasteiger charge is 2.15. The molecule has 170 valence electrons. The molecular weight excluding hydrogens is 420 g/mol. The molecular formula is C25H32N4O2S. The van der Waals surface area contributed by atoms with Gasteiger partial charge in [0.25, 0.3) is 0 Å². The maximum atomic E-state index is 7.60. The molecule has 1 aromatic heterocycles. The van der Waals surface area contributed by atoms with Crippen molar-refractivity contribution >= 4 is 17.2 Å². The monoisotopic (exact) mass is 452 g/mol. The summed E-state index contributed by atoms with van der Waals surface area (Å²) in [4.78, 5) is 5.98. The lowest BCUT2D eigenvalue weighted by Gasteiger charge is -2.11. The third-order valence-corrected chi connectivity index (χ3v) is 6.39. The molecule has 0 radical (unpaired) electrons. The fraction of sp³-hybridized carbons (Fsp3) is 0.360. The number of ether oxygens (including phenoxy) is 2. The highest BCUT2D eigenvalue weighted by Crippen LogP contribution is 2.34. The first-order valence-corrected chi connectivity index (χ1v) is 11.8. The Hall–Kier alpha value is -2.90. The van der Waals surface area contributed by atoms with Crippen molar-refractivity contribution in [2.45, 2.75) is 45.6 Å². The van der Waals surface area contributed by atoms with Crippen molar-refractivity contribution in [3.05, 3.63) is 64.0 Å². The van der Waals surface area contributed by atoms with E-state index in [-0.39, 0.29) is 5.84 Å². The summed E-state index contributed by atoms with van der Waals surface area (Å²) < 4.78 is 11.7. The number of nitrogen functional groups attached to an aromatic ring is 1. The van der Waals surface area contributed by atoms with Gasteiger partial charge in [-0.05, 0) is 61.6 Å². The van der Waals surface area contributed by atoms with Gasteiger partial charge in [-0.2, -0.15) is 0 Å². The number of thiazole rings is 1. The van der Waals surface area contributed by atoms with Crippen LogP contribution in [0.15, 0.2) is 48.5 Å². The number of nitrogens with two attached hydrogens (primary N) is 2. The van der Waals surface area contributed by atoms with Gasteiger partial charge in [0.15, 0.2) is 0 Å². The summed E-state index contributed by atoms with van der Waals surface area (Å²) in [6, 6.07) is 15.5. The molecule has 6 nitrogen and oxygen atoms in total. The molecule has 0 saturated heterocycles. The van der Waals surface area contributed by atoms with E-state index in [1.54, 1.807) is 17.4 Å². The van der Waals surface area contributed by atoms with Crippen LogP contribution < -0.4 is 20.9 Å². The SMILES string of the molecule is CC(C)c1sc(CN)nc1-c1ccc(OCCCCCOc2ccccc2C(=N)N)cc1. The first kappa shape index (κ1) is 23.8. The van der Waals surface area contributed by atoms with Gasteiger partial charge in [0.2, 0.25) is 0 Å². The molecule has 0 aliphatic heterocycles. The second-order valence-corrected chi connectivity index (χ2v) is 8.99. The van der Waals surface area contributed by atoms with Crippen LogP contribution in [0, 0.1) is 5.41 Å². The quantitative estimate of drug-likeness (QED) is 0.196. The molecule has 0 fully saturated rings. The van der Waals surface area contributed by atoms with E-state index in [1.807, 2.05) is 30.3 Å². The molecule has 3 aromatic rings. The van der Waals surface area contributed by atoms with Crippen LogP contribution in [0.4, 0.5) is 0 Å². The summed E-state index contributed by atoms with van der Waals surface area (Å²) in [5, 5.41) is 8.57. The summed E-state index contributed by atoms with van der Waals surface area (Å²) >= 11 is 1.70. The van der Waals surface area contributed by atoms with Crippen molar-refractivity contribution in [2.75, 3.05) is 13.2 Å². The van der Waals surface area contributed by atoms with Crippen LogP contribution >= 0.6 is 11.3 Å². The number of rotatable bonds is 12. The van der Waals surface area contributed by atoms with Crippen molar-refractivity contribution in [3.63, 3.8) is 0 Å². The first-order valence-electron chi connectivity index (χ1n) is 11.0. The van der Waals surface area contributed by atoms with Gasteiger partial charge in [-0.15, -0.1) is 11.3 Å². The van der Waals surface area contributed by atoms with E-state index in [4.69, 9.17) is 31.3 Å². The summed E-state index contributed by atoms with van der Waals surface area (Å²) in [6.07, 6.45) is 2.86. The summed E-state index contributed by atoms with van der Waals surface area (Å²) in [5.74, 6) is 1.96. The molecule has 1 heterocycles.